The van der Waals surface area contributed by atoms with Crippen LogP contribution < -0.4 is 0 Å². The monoisotopic (exact) mass is 1390 g/mol. The lowest BCUT2D eigenvalue weighted by atomic mass is 10.0. The molecule has 17 nitrogen and oxygen atoms in total. The Hall–Kier alpha value is -4.02. The summed E-state index contributed by atoms with van der Waals surface area (Å²) in [5.74, 6) is -2.32. The van der Waals surface area contributed by atoms with Gasteiger partial charge in [0.25, 0.3) is 0 Å². The van der Waals surface area contributed by atoms with Gasteiger partial charge in [0.2, 0.25) is 0 Å². The zero-order valence-electron chi connectivity index (χ0n) is 60.3. The topological polar surface area (TPSA) is 237 Å². The molecule has 0 aliphatic rings. The van der Waals surface area contributed by atoms with Crippen molar-refractivity contribution in [3.05, 3.63) is 97.2 Å². The molecule has 0 aromatic rings. The van der Waals surface area contributed by atoms with Crippen molar-refractivity contribution in [1.29, 1.82) is 0 Å². The van der Waals surface area contributed by atoms with Crippen LogP contribution in [0.25, 0.3) is 0 Å². The minimum absolute atomic E-state index is 0.0560. The van der Waals surface area contributed by atoms with Crippen LogP contribution in [0.5, 0.6) is 0 Å². The molecule has 0 saturated heterocycles. The summed E-state index contributed by atoms with van der Waals surface area (Å²) in [6.07, 6.45) is 71.5. The van der Waals surface area contributed by atoms with Gasteiger partial charge >= 0.3 is 39.5 Å². The van der Waals surface area contributed by atoms with E-state index in [2.05, 4.69) is 101 Å². The van der Waals surface area contributed by atoms with Crippen LogP contribution in [0.1, 0.15) is 310 Å². The Balaban J connectivity index is 5.40. The molecule has 5 unspecified atom stereocenters. The maximum atomic E-state index is 13.1. The van der Waals surface area contributed by atoms with E-state index in [1.54, 1.807) is 6.08 Å². The van der Waals surface area contributed by atoms with Crippen molar-refractivity contribution in [2.75, 3.05) is 39.6 Å². The zero-order chi connectivity index (χ0) is 70.4. The second-order valence-electron chi connectivity index (χ2n) is 24.9. The zero-order valence-corrected chi connectivity index (χ0v) is 62.1. The first kappa shape index (κ1) is 92.0. The van der Waals surface area contributed by atoms with Gasteiger partial charge in [-0.05, 0) is 83.5 Å². The molecule has 0 radical (unpaired) electrons. The number of carbonyl (C=O) groups excluding carboxylic acids is 4. The number of hydrogen-bond acceptors (Lipinski definition) is 15. The van der Waals surface area contributed by atoms with Gasteiger partial charge in [-0.1, -0.05) is 298 Å². The highest BCUT2D eigenvalue weighted by Crippen LogP contribution is 2.45. The van der Waals surface area contributed by atoms with Crippen molar-refractivity contribution in [2.24, 2.45) is 0 Å². The molecular formula is C77H134O17P2. The summed E-state index contributed by atoms with van der Waals surface area (Å²) in [4.78, 5) is 72.7. The number of esters is 4. The van der Waals surface area contributed by atoms with E-state index in [-0.39, 0.29) is 25.7 Å². The Morgan fingerprint density at radius 1 is 0.312 bits per heavy atom. The van der Waals surface area contributed by atoms with E-state index in [0.29, 0.717) is 25.7 Å². The van der Waals surface area contributed by atoms with E-state index >= 15 is 0 Å². The van der Waals surface area contributed by atoms with E-state index in [4.69, 9.17) is 37.0 Å². The number of aliphatic hydroxyl groups is 1. The normalized spacial score (nSPS) is 14.5. The highest BCUT2D eigenvalue weighted by molar-refractivity contribution is 7.47. The van der Waals surface area contributed by atoms with E-state index < -0.39 is 97.5 Å². The lowest BCUT2D eigenvalue weighted by molar-refractivity contribution is -0.161. The lowest BCUT2D eigenvalue weighted by Crippen LogP contribution is -2.30. The van der Waals surface area contributed by atoms with Crippen LogP contribution in [0, 0.1) is 0 Å². The number of rotatable bonds is 70. The van der Waals surface area contributed by atoms with Crippen LogP contribution in [0.3, 0.4) is 0 Å². The molecule has 0 bridgehead atoms. The van der Waals surface area contributed by atoms with Gasteiger partial charge in [-0.15, -0.1) is 0 Å². The van der Waals surface area contributed by atoms with Crippen molar-refractivity contribution >= 4 is 39.5 Å². The Kier molecular flexibility index (Phi) is 66.6. The fourth-order valence-corrected chi connectivity index (χ4v) is 11.5. The minimum atomic E-state index is -4.99. The maximum Gasteiger partial charge on any atom is 0.472 e. The summed E-state index contributed by atoms with van der Waals surface area (Å²) in [6, 6.07) is 0. The molecule has 19 heteroatoms. The van der Waals surface area contributed by atoms with Gasteiger partial charge in [-0.25, -0.2) is 9.13 Å². The number of phosphoric ester groups is 2. The first-order valence-corrected chi connectivity index (χ1v) is 40.5. The fourth-order valence-electron chi connectivity index (χ4n) is 9.96. The summed E-state index contributed by atoms with van der Waals surface area (Å²) < 4.78 is 68.3. The van der Waals surface area contributed by atoms with Crippen LogP contribution >= 0.6 is 15.6 Å². The van der Waals surface area contributed by atoms with Crippen LogP contribution in [-0.4, -0.2) is 96.7 Å². The summed E-state index contributed by atoms with van der Waals surface area (Å²) in [7, 11) is -9.97. The van der Waals surface area contributed by atoms with Crippen molar-refractivity contribution < 1.29 is 80.2 Å². The Morgan fingerprint density at radius 2 is 0.583 bits per heavy atom. The van der Waals surface area contributed by atoms with E-state index in [1.807, 2.05) is 18.2 Å². The third-order valence-electron chi connectivity index (χ3n) is 15.6. The molecule has 0 saturated carbocycles. The Labute approximate surface area is 582 Å². The highest BCUT2D eigenvalue weighted by atomic mass is 31.2. The molecule has 96 heavy (non-hydrogen) atoms. The minimum Gasteiger partial charge on any atom is -0.462 e. The van der Waals surface area contributed by atoms with Crippen LogP contribution in [0.2, 0.25) is 0 Å². The number of phosphoric acid groups is 2. The summed E-state index contributed by atoms with van der Waals surface area (Å²) in [5, 5.41) is 10.6. The SMILES string of the molecule is CC/C=C\C/C=C\C/C=C\C/C=C\C/C=C\CC(=O)OCC(COP(=O)(O)OCC(O)COP(=O)(O)OCC(COC(=O)CCCCCCCCCCCCCCC)OC(=O)CCCCCCCCCCCCCCC)OC(=O)CCCCCCC/C=C\C/C=C\C/C=C\CC. The molecule has 0 fully saturated rings. The first-order valence-electron chi connectivity index (χ1n) is 37.5. The Bertz CT molecular complexity index is 2200. The van der Waals surface area contributed by atoms with Gasteiger partial charge < -0.3 is 33.8 Å². The molecule has 0 rings (SSSR count). The van der Waals surface area contributed by atoms with Crippen molar-refractivity contribution in [1.82, 2.24) is 0 Å². The third kappa shape index (κ3) is 68.5. The number of unbranched alkanes of at least 4 members (excludes halogenated alkanes) is 29. The van der Waals surface area contributed by atoms with Crippen LogP contribution in [0.4, 0.5) is 0 Å². The second kappa shape index (κ2) is 69.5. The molecule has 0 heterocycles. The predicted octanol–water partition coefficient (Wildman–Crippen LogP) is 21.2. The average molecular weight is 1390 g/mol. The number of hydrogen-bond donors (Lipinski definition) is 3. The largest absolute Gasteiger partial charge is 0.472 e. The number of ether oxygens (including phenoxy) is 4. The average Bonchev–Trinajstić information content (AvgIpc) is 1.36. The molecule has 0 aromatic heterocycles. The fraction of sp³-hybridized carbons (Fsp3) is 0.740. The number of carbonyl (C=O) groups is 4. The van der Waals surface area contributed by atoms with Crippen LogP contribution in [0.15, 0.2) is 97.2 Å². The van der Waals surface area contributed by atoms with E-state index in [1.165, 1.54) is 109 Å². The van der Waals surface area contributed by atoms with Crippen LogP contribution in [-0.2, 0) is 65.4 Å². The maximum absolute atomic E-state index is 13.1. The lowest BCUT2D eigenvalue weighted by Gasteiger charge is -2.21. The molecule has 5 atom stereocenters. The van der Waals surface area contributed by atoms with Crippen molar-refractivity contribution in [3.8, 4) is 0 Å². The van der Waals surface area contributed by atoms with E-state index in [9.17, 15) is 43.2 Å². The summed E-state index contributed by atoms with van der Waals surface area (Å²) >= 11 is 0. The summed E-state index contributed by atoms with van der Waals surface area (Å²) in [5.41, 5.74) is 0. The molecule has 0 spiro atoms. The molecule has 0 aromatic carbocycles. The first-order chi connectivity index (χ1) is 46.7. The molecule has 0 amide bonds. The number of aliphatic hydroxyl groups excluding tert-OH is 1. The Morgan fingerprint density at radius 3 is 0.927 bits per heavy atom. The van der Waals surface area contributed by atoms with Gasteiger partial charge in [0.1, 0.15) is 19.3 Å². The summed E-state index contributed by atoms with van der Waals surface area (Å²) in [6.45, 7) is 4.53. The van der Waals surface area contributed by atoms with Gasteiger partial charge in [0, 0.05) is 19.3 Å². The smallest absolute Gasteiger partial charge is 0.462 e. The third-order valence-corrected chi connectivity index (χ3v) is 17.5. The van der Waals surface area contributed by atoms with Gasteiger partial charge in [-0.3, -0.25) is 37.3 Å². The molecule has 554 valence electrons. The van der Waals surface area contributed by atoms with Gasteiger partial charge in [0.15, 0.2) is 12.2 Å². The standard InChI is InChI=1S/C77H134O17P2/c1-5-9-13-17-21-25-29-33-35-39-42-46-50-54-58-62-75(80)88-68-73(94-77(82)64-60-56-52-48-44-40-36-34-30-26-22-18-14-10-6-2)70-92-96(85,86)90-66-71(78)65-89-95(83,84)91-69-72(93-76(81)63-59-55-51-47-43-38-32-28-24-20-16-12-8-4)67-87-74(79)61-57-53-49-45-41-37-31-27-23-19-15-11-7-3/h9-10,13-14,21-22,25-26,33-36,42,46,54,58,71-73,78H,5-8,11-12,15-20,23-24,27-32,37-41,43-45,47-53,55-57,59-70H2,1-4H3,(H,83,84)(H,85,86)/b13-9-,14-10-,25-21-,26-22-,35-33-,36-34-,46-42-,58-54-. The second-order valence-corrected chi connectivity index (χ2v) is 27.8. The molecular weight excluding hydrogens is 1260 g/mol. The highest BCUT2D eigenvalue weighted by Gasteiger charge is 2.30. The molecule has 0 aliphatic heterocycles. The van der Waals surface area contributed by atoms with Crippen molar-refractivity contribution in [2.45, 2.75) is 329 Å². The van der Waals surface area contributed by atoms with Gasteiger partial charge in [-0.2, -0.15) is 0 Å². The number of allylic oxidation sites excluding steroid dienone is 15. The van der Waals surface area contributed by atoms with Gasteiger partial charge in [0.05, 0.1) is 32.8 Å². The molecule has 0 aliphatic carbocycles. The van der Waals surface area contributed by atoms with E-state index in [0.717, 1.165) is 122 Å². The predicted molar refractivity (Wildman–Crippen MR) is 390 cm³/mol. The van der Waals surface area contributed by atoms with Crippen molar-refractivity contribution in [3.63, 3.8) is 0 Å². The quantitative estimate of drug-likeness (QED) is 0.0169. The molecule has 3 N–H and O–H groups in total.